The van der Waals surface area contributed by atoms with E-state index in [1.165, 1.54) is 36.4 Å². The third-order valence-corrected chi connectivity index (χ3v) is 3.67. The molecule has 0 heterocycles. The molecule has 2 aromatic carbocycles. The Morgan fingerprint density at radius 3 is 2.37 bits per heavy atom. The fourth-order valence-corrected chi connectivity index (χ4v) is 2.24. The standard InChI is InChI=1S/C14H8BrClF2O/c15-11-3-1-2-10(13(11)18)14(19)12(16)8-4-6-9(17)7-5-8/h1-7,12H. The number of hydrogen-bond acceptors (Lipinski definition) is 1. The monoisotopic (exact) mass is 344 g/mol. The fourth-order valence-electron chi connectivity index (χ4n) is 1.61. The predicted molar refractivity (Wildman–Crippen MR) is 73.4 cm³/mol. The first kappa shape index (κ1) is 14.2. The highest BCUT2D eigenvalue weighted by molar-refractivity contribution is 9.10. The zero-order chi connectivity index (χ0) is 14.0. The maximum Gasteiger partial charge on any atom is 0.188 e. The number of carbonyl (C=O) groups excluding carboxylic acids is 1. The van der Waals surface area contributed by atoms with Crippen molar-refractivity contribution in [2.45, 2.75) is 5.38 Å². The van der Waals surface area contributed by atoms with Gasteiger partial charge in [0.15, 0.2) is 5.78 Å². The molecule has 1 nitrogen and oxygen atoms in total. The number of hydrogen-bond donors (Lipinski definition) is 0. The average molecular weight is 346 g/mol. The lowest BCUT2D eigenvalue weighted by Crippen LogP contribution is -2.10. The van der Waals surface area contributed by atoms with Crippen molar-refractivity contribution in [2.75, 3.05) is 0 Å². The van der Waals surface area contributed by atoms with Gasteiger partial charge in [0.05, 0.1) is 10.0 Å². The van der Waals surface area contributed by atoms with E-state index in [1.54, 1.807) is 6.07 Å². The molecule has 0 aromatic heterocycles. The van der Waals surface area contributed by atoms with Gasteiger partial charge in [-0.05, 0) is 45.8 Å². The highest BCUT2D eigenvalue weighted by Crippen LogP contribution is 2.28. The van der Waals surface area contributed by atoms with Crippen molar-refractivity contribution < 1.29 is 13.6 Å². The van der Waals surface area contributed by atoms with E-state index in [9.17, 15) is 13.6 Å². The number of alkyl halides is 1. The number of halogens is 4. The van der Waals surface area contributed by atoms with Gasteiger partial charge in [-0.25, -0.2) is 8.78 Å². The molecule has 0 radical (unpaired) electrons. The molecule has 0 aliphatic rings. The Morgan fingerprint density at radius 2 is 1.74 bits per heavy atom. The van der Waals surface area contributed by atoms with Crippen molar-refractivity contribution in [1.29, 1.82) is 0 Å². The molecule has 98 valence electrons. The summed E-state index contributed by atoms with van der Waals surface area (Å²) in [5, 5.41) is -1.05. The topological polar surface area (TPSA) is 17.1 Å². The van der Waals surface area contributed by atoms with Crippen LogP contribution in [0.2, 0.25) is 0 Å². The van der Waals surface area contributed by atoms with Gasteiger partial charge in [0.25, 0.3) is 0 Å². The minimum Gasteiger partial charge on any atom is -0.292 e. The van der Waals surface area contributed by atoms with Gasteiger partial charge in [-0.3, -0.25) is 4.79 Å². The number of ketones is 1. The minimum atomic E-state index is -1.05. The zero-order valence-electron chi connectivity index (χ0n) is 9.54. The smallest absolute Gasteiger partial charge is 0.188 e. The summed E-state index contributed by atoms with van der Waals surface area (Å²) in [5.74, 6) is -1.64. The van der Waals surface area contributed by atoms with Crippen molar-refractivity contribution in [2.24, 2.45) is 0 Å². The molecule has 0 saturated heterocycles. The summed E-state index contributed by atoms with van der Waals surface area (Å²) < 4.78 is 26.8. The average Bonchev–Trinajstić information content (AvgIpc) is 2.41. The van der Waals surface area contributed by atoms with Gasteiger partial charge < -0.3 is 0 Å². The number of benzene rings is 2. The Bertz CT molecular complexity index is 613. The SMILES string of the molecule is O=C(c1cccc(Br)c1F)C(Cl)c1ccc(F)cc1. The first-order valence-corrected chi connectivity index (χ1v) is 6.61. The first-order valence-electron chi connectivity index (χ1n) is 5.38. The fraction of sp³-hybridized carbons (Fsp3) is 0.0714. The molecule has 0 bridgehead atoms. The maximum absolute atomic E-state index is 13.8. The largest absolute Gasteiger partial charge is 0.292 e. The molecular weight excluding hydrogens is 338 g/mol. The van der Waals surface area contributed by atoms with Crippen molar-refractivity contribution in [3.8, 4) is 0 Å². The van der Waals surface area contributed by atoms with Crippen LogP contribution in [0.4, 0.5) is 8.78 Å². The van der Waals surface area contributed by atoms with E-state index in [1.807, 2.05) is 0 Å². The summed E-state index contributed by atoms with van der Waals surface area (Å²) in [6, 6.07) is 9.62. The lowest BCUT2D eigenvalue weighted by molar-refractivity contribution is 0.0983. The van der Waals surface area contributed by atoms with Gasteiger partial charge in [-0.1, -0.05) is 18.2 Å². The Morgan fingerprint density at radius 1 is 1.11 bits per heavy atom. The van der Waals surface area contributed by atoms with E-state index in [4.69, 9.17) is 11.6 Å². The van der Waals surface area contributed by atoms with Crippen LogP contribution >= 0.6 is 27.5 Å². The molecule has 1 atom stereocenters. The van der Waals surface area contributed by atoms with Gasteiger partial charge in [-0.15, -0.1) is 11.6 Å². The summed E-state index contributed by atoms with van der Waals surface area (Å²) in [5.41, 5.74) is 0.325. The van der Waals surface area contributed by atoms with Crippen LogP contribution in [0.1, 0.15) is 21.3 Å². The van der Waals surface area contributed by atoms with Gasteiger partial charge in [0, 0.05) is 0 Å². The number of carbonyl (C=O) groups is 1. The van der Waals surface area contributed by atoms with Gasteiger partial charge in [-0.2, -0.15) is 0 Å². The quantitative estimate of drug-likeness (QED) is 0.572. The summed E-state index contributed by atoms with van der Waals surface area (Å²) in [7, 11) is 0. The van der Waals surface area contributed by atoms with E-state index in [2.05, 4.69) is 15.9 Å². The van der Waals surface area contributed by atoms with Crippen LogP contribution in [-0.2, 0) is 0 Å². The second kappa shape index (κ2) is 5.80. The van der Waals surface area contributed by atoms with Crippen LogP contribution in [0.25, 0.3) is 0 Å². The van der Waals surface area contributed by atoms with Crippen molar-refractivity contribution in [1.82, 2.24) is 0 Å². The van der Waals surface area contributed by atoms with Gasteiger partial charge >= 0.3 is 0 Å². The number of Topliss-reactive ketones (excluding diaryl/α,β-unsaturated/α-hetero) is 1. The molecule has 0 fully saturated rings. The molecule has 2 aromatic rings. The van der Waals surface area contributed by atoms with Crippen LogP contribution in [0, 0.1) is 11.6 Å². The summed E-state index contributed by atoms with van der Waals surface area (Å²) in [6.07, 6.45) is 0. The Balaban J connectivity index is 2.33. The molecule has 2 rings (SSSR count). The third kappa shape index (κ3) is 3.01. The van der Waals surface area contributed by atoms with Gasteiger partial charge in [0.2, 0.25) is 0 Å². The van der Waals surface area contributed by atoms with Crippen molar-refractivity contribution in [3.05, 3.63) is 69.7 Å². The summed E-state index contributed by atoms with van der Waals surface area (Å²) in [4.78, 5) is 12.1. The normalized spacial score (nSPS) is 12.2. The Hall–Kier alpha value is -1.26. The second-order valence-electron chi connectivity index (χ2n) is 3.88. The Kier molecular flexibility index (Phi) is 4.32. The lowest BCUT2D eigenvalue weighted by atomic mass is 10.0. The van der Waals surface area contributed by atoms with Crippen LogP contribution < -0.4 is 0 Å². The lowest BCUT2D eigenvalue weighted by Gasteiger charge is -2.10. The molecule has 5 heteroatoms. The van der Waals surface area contributed by atoms with Crippen LogP contribution in [0.5, 0.6) is 0 Å². The van der Waals surface area contributed by atoms with E-state index < -0.39 is 22.8 Å². The third-order valence-electron chi connectivity index (χ3n) is 2.61. The molecule has 0 N–H and O–H groups in total. The van der Waals surface area contributed by atoms with Gasteiger partial charge in [0.1, 0.15) is 17.0 Å². The molecule has 0 aliphatic heterocycles. The van der Waals surface area contributed by atoms with Crippen molar-refractivity contribution in [3.63, 3.8) is 0 Å². The second-order valence-corrected chi connectivity index (χ2v) is 5.17. The van der Waals surface area contributed by atoms with E-state index in [0.717, 1.165) is 0 Å². The van der Waals surface area contributed by atoms with Crippen molar-refractivity contribution >= 4 is 33.3 Å². The minimum absolute atomic E-state index is 0.0984. The zero-order valence-corrected chi connectivity index (χ0v) is 11.9. The predicted octanol–water partition coefficient (Wildman–Crippen LogP) is 4.89. The molecule has 0 amide bonds. The highest BCUT2D eigenvalue weighted by atomic mass is 79.9. The molecule has 0 spiro atoms. The maximum atomic E-state index is 13.8. The van der Waals surface area contributed by atoms with Crippen LogP contribution in [0.3, 0.4) is 0 Å². The molecule has 0 saturated carbocycles. The highest BCUT2D eigenvalue weighted by Gasteiger charge is 2.23. The van der Waals surface area contributed by atoms with E-state index >= 15 is 0 Å². The molecular formula is C14H8BrClF2O. The van der Waals surface area contributed by atoms with Crippen LogP contribution in [0.15, 0.2) is 46.9 Å². The molecule has 0 aliphatic carbocycles. The van der Waals surface area contributed by atoms with Crippen LogP contribution in [-0.4, -0.2) is 5.78 Å². The van der Waals surface area contributed by atoms with E-state index in [0.29, 0.717) is 5.56 Å². The molecule has 1 unspecified atom stereocenters. The first-order chi connectivity index (χ1) is 9.00. The van der Waals surface area contributed by atoms with E-state index in [-0.39, 0.29) is 10.0 Å². The molecule has 19 heavy (non-hydrogen) atoms. The summed E-state index contributed by atoms with van der Waals surface area (Å²) in [6.45, 7) is 0. The Labute approximate surface area is 122 Å². The summed E-state index contributed by atoms with van der Waals surface area (Å²) >= 11 is 9.02. The number of rotatable bonds is 3.